The van der Waals surface area contributed by atoms with Crippen LogP contribution in [0.1, 0.15) is 25.2 Å². The molecule has 0 bridgehead atoms. The Labute approximate surface area is 140 Å². The molecule has 0 aliphatic carbocycles. The van der Waals surface area contributed by atoms with E-state index in [1.807, 2.05) is 28.8 Å². The molecule has 2 aromatic carbocycles. The van der Waals surface area contributed by atoms with Crippen molar-refractivity contribution in [3.05, 3.63) is 67.6 Å². The van der Waals surface area contributed by atoms with E-state index in [1.54, 1.807) is 6.07 Å². The topological polar surface area (TPSA) is 34.9 Å². The van der Waals surface area contributed by atoms with Gasteiger partial charge in [-0.05, 0) is 49.7 Å². The van der Waals surface area contributed by atoms with Crippen molar-refractivity contribution in [2.75, 3.05) is 0 Å². The van der Waals surface area contributed by atoms with Gasteiger partial charge in [0.25, 0.3) is 5.56 Å². The molecule has 1 aliphatic heterocycles. The number of rotatable bonds is 0. The van der Waals surface area contributed by atoms with Gasteiger partial charge in [0.05, 0.1) is 27.0 Å². The van der Waals surface area contributed by atoms with Gasteiger partial charge in [0, 0.05) is 4.47 Å². The van der Waals surface area contributed by atoms with Crippen LogP contribution in [-0.4, -0.2) is 9.55 Å². The Balaban J connectivity index is 2.26. The lowest BCUT2D eigenvalue weighted by molar-refractivity contribution is 0.610. The van der Waals surface area contributed by atoms with Gasteiger partial charge in [-0.1, -0.05) is 33.6 Å². The lowest BCUT2D eigenvalue weighted by Crippen LogP contribution is -2.24. The summed E-state index contributed by atoms with van der Waals surface area (Å²) in [6.45, 7) is 4.17. The lowest BCUT2D eigenvalue weighted by atomic mass is 9.85. The van der Waals surface area contributed by atoms with E-state index in [-0.39, 0.29) is 11.0 Å². The number of fused-ring (bicyclic) bond motifs is 5. The molecule has 2 heterocycles. The standard InChI is InChI=1S/C17H12BrClN2O/c1-17(2)10-8-9(18)6-7-12(10)21-13-5-3-4-11(19)14(13)15(22)20-16(17)21/h3-8H,1-2H3. The van der Waals surface area contributed by atoms with Crippen molar-refractivity contribution in [2.45, 2.75) is 19.3 Å². The summed E-state index contributed by atoms with van der Waals surface area (Å²) in [5, 5.41) is 0.910. The van der Waals surface area contributed by atoms with Crippen LogP contribution in [0.5, 0.6) is 0 Å². The monoisotopic (exact) mass is 374 g/mol. The van der Waals surface area contributed by atoms with Gasteiger partial charge in [-0.15, -0.1) is 0 Å². The predicted molar refractivity (Wildman–Crippen MR) is 92.2 cm³/mol. The molecule has 5 heteroatoms. The van der Waals surface area contributed by atoms with Crippen LogP contribution in [0.25, 0.3) is 16.6 Å². The van der Waals surface area contributed by atoms with E-state index in [2.05, 4.69) is 40.8 Å². The minimum atomic E-state index is -0.339. The second kappa shape index (κ2) is 4.43. The average molecular weight is 376 g/mol. The third-order valence-corrected chi connectivity index (χ3v) is 5.11. The van der Waals surface area contributed by atoms with Crippen molar-refractivity contribution in [3.8, 4) is 5.69 Å². The molecule has 0 saturated heterocycles. The molecule has 0 N–H and O–H groups in total. The summed E-state index contributed by atoms with van der Waals surface area (Å²) < 4.78 is 3.06. The van der Waals surface area contributed by atoms with Gasteiger partial charge in [-0.2, -0.15) is 4.98 Å². The van der Waals surface area contributed by atoms with E-state index in [0.29, 0.717) is 10.4 Å². The molecule has 0 radical (unpaired) electrons. The molecule has 0 atom stereocenters. The fourth-order valence-corrected chi connectivity index (χ4v) is 3.83. The van der Waals surface area contributed by atoms with E-state index in [4.69, 9.17) is 11.6 Å². The van der Waals surface area contributed by atoms with Crippen molar-refractivity contribution < 1.29 is 0 Å². The van der Waals surface area contributed by atoms with Crippen LogP contribution in [0.15, 0.2) is 45.7 Å². The Morgan fingerprint density at radius 1 is 1.23 bits per heavy atom. The van der Waals surface area contributed by atoms with Crippen molar-refractivity contribution in [1.82, 2.24) is 9.55 Å². The minimum absolute atomic E-state index is 0.271. The molecule has 22 heavy (non-hydrogen) atoms. The van der Waals surface area contributed by atoms with Crippen LogP contribution in [0.4, 0.5) is 0 Å². The van der Waals surface area contributed by atoms with Crippen LogP contribution in [0, 0.1) is 0 Å². The molecule has 3 aromatic rings. The van der Waals surface area contributed by atoms with Crippen LogP contribution in [0.2, 0.25) is 5.02 Å². The molecule has 1 aliphatic rings. The molecule has 0 amide bonds. The fraction of sp³-hybridized carbons (Fsp3) is 0.176. The zero-order chi connectivity index (χ0) is 15.6. The van der Waals surface area contributed by atoms with Crippen LogP contribution >= 0.6 is 27.5 Å². The number of benzene rings is 2. The Hall–Kier alpha value is -1.65. The number of aromatic nitrogens is 2. The molecule has 0 saturated carbocycles. The molecule has 4 rings (SSSR count). The first-order chi connectivity index (χ1) is 10.4. The summed E-state index contributed by atoms with van der Waals surface area (Å²) in [6.07, 6.45) is 0. The Morgan fingerprint density at radius 3 is 2.77 bits per heavy atom. The fourth-order valence-electron chi connectivity index (χ4n) is 3.21. The Kier molecular flexibility index (Phi) is 2.81. The van der Waals surface area contributed by atoms with E-state index in [0.717, 1.165) is 27.1 Å². The first kappa shape index (κ1) is 14.0. The highest BCUT2D eigenvalue weighted by Gasteiger charge is 2.38. The molecule has 1 aromatic heterocycles. The first-order valence-electron chi connectivity index (χ1n) is 6.93. The maximum absolute atomic E-state index is 12.4. The highest BCUT2D eigenvalue weighted by atomic mass is 79.9. The molecular weight excluding hydrogens is 364 g/mol. The maximum atomic E-state index is 12.4. The zero-order valence-electron chi connectivity index (χ0n) is 12.0. The lowest BCUT2D eigenvalue weighted by Gasteiger charge is -2.18. The molecule has 110 valence electrons. The van der Waals surface area contributed by atoms with Gasteiger partial charge in [-0.3, -0.25) is 9.36 Å². The molecule has 0 unspecified atom stereocenters. The highest BCUT2D eigenvalue weighted by molar-refractivity contribution is 9.10. The number of nitrogens with zero attached hydrogens (tertiary/aromatic N) is 2. The van der Waals surface area contributed by atoms with Crippen molar-refractivity contribution >= 4 is 38.4 Å². The Bertz CT molecular complexity index is 1010. The normalized spacial score (nSPS) is 14.9. The summed E-state index contributed by atoms with van der Waals surface area (Å²) in [5.74, 6) is 0.750. The smallest absolute Gasteiger partial charge is 0.282 e. The SMILES string of the molecule is CC1(C)c2cc(Br)ccc2-n2c1nc(=O)c1c(Cl)cccc12. The van der Waals surface area contributed by atoms with E-state index in [1.165, 1.54) is 0 Å². The number of hydrogen-bond acceptors (Lipinski definition) is 2. The van der Waals surface area contributed by atoms with Crippen LogP contribution in [-0.2, 0) is 5.41 Å². The second-order valence-corrected chi connectivity index (χ2v) is 7.32. The zero-order valence-corrected chi connectivity index (χ0v) is 14.4. The molecule has 3 nitrogen and oxygen atoms in total. The summed E-state index contributed by atoms with van der Waals surface area (Å²) in [6, 6.07) is 11.6. The van der Waals surface area contributed by atoms with Crippen molar-refractivity contribution in [2.24, 2.45) is 0 Å². The van der Waals surface area contributed by atoms with Gasteiger partial charge in [0.15, 0.2) is 0 Å². The summed E-state index contributed by atoms with van der Waals surface area (Å²) in [5.41, 5.74) is 2.38. The van der Waals surface area contributed by atoms with E-state index < -0.39 is 0 Å². The van der Waals surface area contributed by atoms with E-state index >= 15 is 0 Å². The first-order valence-corrected chi connectivity index (χ1v) is 8.10. The van der Waals surface area contributed by atoms with Crippen molar-refractivity contribution in [1.29, 1.82) is 0 Å². The largest absolute Gasteiger partial charge is 0.296 e. The maximum Gasteiger partial charge on any atom is 0.282 e. The van der Waals surface area contributed by atoms with Gasteiger partial charge >= 0.3 is 0 Å². The summed E-state index contributed by atoms with van der Waals surface area (Å²) >= 11 is 9.75. The van der Waals surface area contributed by atoms with Crippen molar-refractivity contribution in [3.63, 3.8) is 0 Å². The van der Waals surface area contributed by atoms with E-state index in [9.17, 15) is 4.79 Å². The van der Waals surface area contributed by atoms with Gasteiger partial charge in [-0.25, -0.2) is 0 Å². The van der Waals surface area contributed by atoms with Gasteiger partial charge in [0.2, 0.25) is 0 Å². The summed E-state index contributed by atoms with van der Waals surface area (Å²) in [4.78, 5) is 16.8. The average Bonchev–Trinajstić information content (AvgIpc) is 2.68. The second-order valence-electron chi connectivity index (χ2n) is 6.00. The predicted octanol–water partition coefficient (Wildman–Crippen LogP) is 4.44. The van der Waals surface area contributed by atoms with Crippen LogP contribution in [0.3, 0.4) is 0 Å². The molecule has 0 spiro atoms. The van der Waals surface area contributed by atoms with Crippen LogP contribution < -0.4 is 5.56 Å². The number of hydrogen-bond donors (Lipinski definition) is 0. The van der Waals surface area contributed by atoms with Gasteiger partial charge < -0.3 is 0 Å². The summed E-state index contributed by atoms with van der Waals surface area (Å²) in [7, 11) is 0. The minimum Gasteiger partial charge on any atom is -0.296 e. The quantitative estimate of drug-likeness (QED) is 0.582. The number of halogens is 2. The highest BCUT2D eigenvalue weighted by Crippen LogP contribution is 2.43. The van der Waals surface area contributed by atoms with Gasteiger partial charge in [0.1, 0.15) is 5.82 Å². The third-order valence-electron chi connectivity index (χ3n) is 4.30. The third kappa shape index (κ3) is 1.68. The molecule has 0 fully saturated rings. The molecular formula is C17H12BrClN2O. The Morgan fingerprint density at radius 2 is 2.00 bits per heavy atom.